The van der Waals surface area contributed by atoms with Gasteiger partial charge in [0.05, 0.1) is 16.8 Å². The molecule has 0 bridgehead atoms. The van der Waals surface area contributed by atoms with Crippen molar-refractivity contribution in [2.45, 2.75) is 27.0 Å². The molecule has 0 aliphatic heterocycles. The van der Waals surface area contributed by atoms with E-state index in [0.717, 1.165) is 23.4 Å². The molecule has 0 atom stereocenters. The number of amides is 1. The summed E-state index contributed by atoms with van der Waals surface area (Å²) in [6.07, 6.45) is 3.46. The minimum Gasteiger partial charge on any atom is -0.489 e. The highest BCUT2D eigenvalue weighted by atomic mass is 32.1. The number of hydrogen-bond donors (Lipinski definition) is 1. The highest BCUT2D eigenvalue weighted by Gasteiger charge is 2.11. The molecule has 0 aliphatic rings. The maximum atomic E-state index is 12.3. The molecule has 0 aliphatic carbocycles. The molecule has 0 spiro atoms. The van der Waals surface area contributed by atoms with Gasteiger partial charge in [0.1, 0.15) is 12.4 Å². The minimum atomic E-state index is -0.127. The lowest BCUT2D eigenvalue weighted by molar-refractivity contribution is 0.103. The Morgan fingerprint density at radius 2 is 2.25 bits per heavy atom. The van der Waals surface area contributed by atoms with E-state index in [1.807, 2.05) is 55.8 Å². The summed E-state index contributed by atoms with van der Waals surface area (Å²) >= 11 is 1.41. The normalized spacial score (nSPS) is 10.6. The number of ether oxygens (including phenoxy) is 1. The van der Waals surface area contributed by atoms with E-state index in [9.17, 15) is 4.79 Å². The van der Waals surface area contributed by atoms with Gasteiger partial charge in [-0.25, -0.2) is 0 Å². The van der Waals surface area contributed by atoms with Crippen LogP contribution in [0.4, 0.5) is 5.69 Å². The second-order valence-corrected chi connectivity index (χ2v) is 6.37. The van der Waals surface area contributed by atoms with Gasteiger partial charge in [-0.1, -0.05) is 12.1 Å². The summed E-state index contributed by atoms with van der Waals surface area (Å²) in [4.78, 5) is 12.9. The van der Waals surface area contributed by atoms with Gasteiger partial charge in [-0.3, -0.25) is 9.48 Å². The van der Waals surface area contributed by atoms with Crippen LogP contribution in [0.3, 0.4) is 0 Å². The second kappa shape index (κ2) is 7.31. The van der Waals surface area contributed by atoms with Gasteiger partial charge in [0.15, 0.2) is 0 Å². The highest BCUT2D eigenvalue weighted by molar-refractivity contribution is 7.12. The molecule has 0 fully saturated rings. The van der Waals surface area contributed by atoms with Crippen LogP contribution in [0.2, 0.25) is 0 Å². The van der Waals surface area contributed by atoms with Crippen molar-refractivity contribution in [3.8, 4) is 5.75 Å². The quantitative estimate of drug-likeness (QED) is 0.734. The SMILES string of the molecule is CCn1cc(NC(=O)c2cc(COc3cccc(C)c3)cs2)cn1. The Morgan fingerprint density at radius 3 is 3.00 bits per heavy atom. The number of hydrogen-bond acceptors (Lipinski definition) is 4. The number of nitrogens with zero attached hydrogens (tertiary/aromatic N) is 2. The van der Waals surface area contributed by atoms with Gasteiger partial charge in [-0.05, 0) is 43.0 Å². The lowest BCUT2D eigenvalue weighted by atomic mass is 10.2. The molecular weight excluding hydrogens is 322 g/mol. The first-order valence-electron chi connectivity index (χ1n) is 7.74. The summed E-state index contributed by atoms with van der Waals surface area (Å²) in [5, 5.41) is 8.94. The lowest BCUT2D eigenvalue weighted by Gasteiger charge is -2.05. The van der Waals surface area contributed by atoms with Crippen LogP contribution in [-0.4, -0.2) is 15.7 Å². The molecule has 0 radical (unpaired) electrons. The van der Waals surface area contributed by atoms with Gasteiger partial charge in [-0.15, -0.1) is 11.3 Å². The van der Waals surface area contributed by atoms with Gasteiger partial charge in [0.25, 0.3) is 5.91 Å². The smallest absolute Gasteiger partial charge is 0.265 e. The van der Waals surface area contributed by atoms with Crippen LogP contribution in [0.25, 0.3) is 0 Å². The Balaban J connectivity index is 1.59. The molecule has 5 nitrogen and oxygen atoms in total. The topological polar surface area (TPSA) is 56.2 Å². The van der Waals surface area contributed by atoms with E-state index in [4.69, 9.17) is 4.74 Å². The number of thiophene rings is 1. The van der Waals surface area contributed by atoms with Crippen molar-refractivity contribution in [1.82, 2.24) is 9.78 Å². The van der Waals surface area contributed by atoms with Crippen LogP contribution >= 0.6 is 11.3 Å². The molecule has 3 aromatic rings. The van der Waals surface area contributed by atoms with E-state index in [0.29, 0.717) is 17.2 Å². The van der Waals surface area contributed by atoms with Gasteiger partial charge >= 0.3 is 0 Å². The van der Waals surface area contributed by atoms with Crippen LogP contribution in [0.5, 0.6) is 5.75 Å². The van der Waals surface area contributed by atoms with Crippen LogP contribution in [0.1, 0.15) is 27.7 Å². The Morgan fingerprint density at radius 1 is 1.38 bits per heavy atom. The Hall–Kier alpha value is -2.60. The molecule has 1 aromatic carbocycles. The molecular formula is C18H19N3O2S. The minimum absolute atomic E-state index is 0.127. The number of anilines is 1. The molecule has 1 amide bonds. The number of benzene rings is 1. The Bertz CT molecular complexity index is 838. The Kier molecular flexibility index (Phi) is 4.96. The molecule has 3 rings (SSSR count). The molecule has 2 aromatic heterocycles. The van der Waals surface area contributed by atoms with Gasteiger partial charge in [0, 0.05) is 18.3 Å². The number of carbonyl (C=O) groups excluding carboxylic acids is 1. The monoisotopic (exact) mass is 341 g/mol. The average molecular weight is 341 g/mol. The van der Waals surface area contributed by atoms with Crippen molar-refractivity contribution in [3.05, 3.63) is 64.1 Å². The zero-order chi connectivity index (χ0) is 16.9. The van der Waals surface area contributed by atoms with Crippen molar-refractivity contribution in [1.29, 1.82) is 0 Å². The van der Waals surface area contributed by atoms with E-state index in [2.05, 4.69) is 10.4 Å². The number of nitrogens with one attached hydrogen (secondary N) is 1. The standard InChI is InChI=1S/C18H19N3O2S/c1-3-21-10-15(9-19-21)20-18(22)17-8-14(12-24-17)11-23-16-6-4-5-13(2)7-16/h4-10,12H,3,11H2,1-2H3,(H,20,22). The van der Waals surface area contributed by atoms with Crippen molar-refractivity contribution >= 4 is 22.9 Å². The molecule has 0 unspecified atom stereocenters. The van der Waals surface area contributed by atoms with E-state index >= 15 is 0 Å². The van der Waals surface area contributed by atoms with E-state index in [1.54, 1.807) is 10.9 Å². The number of rotatable bonds is 6. The van der Waals surface area contributed by atoms with Crippen LogP contribution in [0, 0.1) is 6.92 Å². The van der Waals surface area contributed by atoms with Crippen molar-refractivity contribution in [2.75, 3.05) is 5.32 Å². The summed E-state index contributed by atoms with van der Waals surface area (Å²) < 4.78 is 7.53. The van der Waals surface area contributed by atoms with Crippen LogP contribution < -0.4 is 10.1 Å². The molecule has 0 saturated carbocycles. The number of aryl methyl sites for hydroxylation is 2. The zero-order valence-electron chi connectivity index (χ0n) is 13.7. The van der Waals surface area contributed by atoms with E-state index < -0.39 is 0 Å². The largest absolute Gasteiger partial charge is 0.489 e. The summed E-state index contributed by atoms with van der Waals surface area (Å²) in [7, 11) is 0. The van der Waals surface area contributed by atoms with Crippen molar-refractivity contribution < 1.29 is 9.53 Å². The van der Waals surface area contributed by atoms with Crippen LogP contribution in [0.15, 0.2) is 48.1 Å². The maximum absolute atomic E-state index is 12.3. The Labute approximate surface area is 144 Å². The molecule has 24 heavy (non-hydrogen) atoms. The first-order valence-corrected chi connectivity index (χ1v) is 8.62. The molecule has 1 N–H and O–H groups in total. The predicted octanol–water partition coefficient (Wildman–Crippen LogP) is 4.10. The average Bonchev–Trinajstić information content (AvgIpc) is 3.22. The lowest BCUT2D eigenvalue weighted by Crippen LogP contribution is -2.09. The number of aromatic nitrogens is 2. The fourth-order valence-corrected chi connectivity index (χ4v) is 3.03. The van der Waals surface area contributed by atoms with Crippen LogP contribution in [-0.2, 0) is 13.2 Å². The molecule has 2 heterocycles. The molecule has 124 valence electrons. The zero-order valence-corrected chi connectivity index (χ0v) is 14.5. The van der Waals surface area contributed by atoms with Crippen molar-refractivity contribution in [3.63, 3.8) is 0 Å². The first kappa shape index (κ1) is 16.3. The number of carbonyl (C=O) groups is 1. The first-order chi connectivity index (χ1) is 11.6. The third-order valence-electron chi connectivity index (χ3n) is 3.49. The van der Waals surface area contributed by atoms with Gasteiger partial charge in [-0.2, -0.15) is 5.10 Å². The van der Waals surface area contributed by atoms with Gasteiger partial charge < -0.3 is 10.1 Å². The third kappa shape index (κ3) is 4.02. The molecule has 0 saturated heterocycles. The molecule has 6 heteroatoms. The summed E-state index contributed by atoms with van der Waals surface area (Å²) in [5.41, 5.74) is 2.84. The fourth-order valence-electron chi connectivity index (χ4n) is 2.24. The maximum Gasteiger partial charge on any atom is 0.265 e. The second-order valence-electron chi connectivity index (χ2n) is 5.46. The summed E-state index contributed by atoms with van der Waals surface area (Å²) in [6, 6.07) is 9.78. The third-order valence-corrected chi connectivity index (χ3v) is 4.47. The summed E-state index contributed by atoms with van der Waals surface area (Å²) in [6.45, 7) is 5.25. The van der Waals surface area contributed by atoms with E-state index in [-0.39, 0.29) is 5.91 Å². The predicted molar refractivity (Wildman–Crippen MR) is 95.7 cm³/mol. The van der Waals surface area contributed by atoms with Gasteiger partial charge in [0.2, 0.25) is 0 Å². The highest BCUT2D eigenvalue weighted by Crippen LogP contribution is 2.20. The summed E-state index contributed by atoms with van der Waals surface area (Å²) in [5.74, 6) is 0.705. The fraction of sp³-hybridized carbons (Fsp3) is 0.222. The van der Waals surface area contributed by atoms with Crippen molar-refractivity contribution in [2.24, 2.45) is 0 Å². The van der Waals surface area contributed by atoms with E-state index in [1.165, 1.54) is 11.3 Å².